The fourth-order valence-electron chi connectivity index (χ4n) is 1.25. The van der Waals surface area contributed by atoms with Crippen molar-refractivity contribution in [2.75, 3.05) is 7.11 Å². The van der Waals surface area contributed by atoms with Crippen LogP contribution in [0.4, 0.5) is 0 Å². The Hall–Kier alpha value is -0.390. The average Bonchev–Trinajstić information content (AvgIpc) is 2.69. The second-order valence-corrected chi connectivity index (χ2v) is 5.54. The molecule has 2 nitrogen and oxygen atoms in total. The number of fused-ring (bicyclic) bond motifs is 1. The minimum Gasteiger partial charge on any atom is -0.465 e. The van der Waals surface area contributed by atoms with Crippen LogP contribution < -0.4 is 0 Å². The fraction of sp³-hybridized carbons (Fsp3) is 0.222. The van der Waals surface area contributed by atoms with Crippen LogP contribution >= 0.6 is 38.6 Å². The van der Waals surface area contributed by atoms with Crippen molar-refractivity contribution in [2.45, 2.75) is 6.92 Å². The Kier molecular flexibility index (Phi) is 2.64. The second-order valence-electron chi connectivity index (χ2n) is 2.79. The molecule has 0 aliphatic carbocycles. The first-order chi connectivity index (χ1) is 6.65. The van der Waals surface area contributed by atoms with Crippen LogP contribution in [0.15, 0.2) is 9.85 Å². The third kappa shape index (κ3) is 1.39. The number of aryl methyl sites for hydroxylation is 1. The third-order valence-corrected chi connectivity index (χ3v) is 5.68. The van der Waals surface area contributed by atoms with Crippen molar-refractivity contribution in [2.24, 2.45) is 0 Å². The molecular weight excluding hydrogens is 284 g/mol. The molecule has 0 amide bonds. The number of ether oxygens (including phenoxy) is 1. The Labute approximate surface area is 97.6 Å². The maximum atomic E-state index is 11.4. The summed E-state index contributed by atoms with van der Waals surface area (Å²) in [5, 5.41) is 2.04. The monoisotopic (exact) mass is 290 g/mol. The van der Waals surface area contributed by atoms with Crippen LogP contribution in [0, 0.1) is 6.92 Å². The summed E-state index contributed by atoms with van der Waals surface area (Å²) in [5.41, 5.74) is 1.02. The highest BCUT2D eigenvalue weighted by molar-refractivity contribution is 9.10. The quantitative estimate of drug-likeness (QED) is 0.747. The maximum Gasteiger partial charge on any atom is 0.348 e. The van der Waals surface area contributed by atoms with Gasteiger partial charge in [0.05, 0.1) is 16.5 Å². The Morgan fingerprint density at radius 3 is 2.79 bits per heavy atom. The lowest BCUT2D eigenvalue weighted by atomic mass is 10.3. The summed E-state index contributed by atoms with van der Waals surface area (Å²) in [6, 6.07) is 0. The highest BCUT2D eigenvalue weighted by Gasteiger charge is 2.18. The Morgan fingerprint density at radius 1 is 1.50 bits per heavy atom. The molecule has 2 heterocycles. The van der Waals surface area contributed by atoms with Gasteiger partial charge in [0.25, 0.3) is 0 Å². The number of hydrogen-bond donors (Lipinski definition) is 0. The van der Waals surface area contributed by atoms with Gasteiger partial charge >= 0.3 is 5.97 Å². The number of halogens is 1. The van der Waals surface area contributed by atoms with E-state index in [-0.39, 0.29) is 5.97 Å². The summed E-state index contributed by atoms with van der Waals surface area (Å²) in [6.45, 7) is 1.95. The lowest BCUT2D eigenvalue weighted by molar-refractivity contribution is 0.0605. The van der Waals surface area contributed by atoms with Gasteiger partial charge in [-0.3, -0.25) is 0 Å². The van der Waals surface area contributed by atoms with Crippen molar-refractivity contribution in [3.8, 4) is 0 Å². The molecule has 2 aromatic rings. The summed E-state index contributed by atoms with van der Waals surface area (Å²) in [6.07, 6.45) is 0. The molecule has 0 unspecified atom stereocenters. The first-order valence-electron chi connectivity index (χ1n) is 3.89. The zero-order chi connectivity index (χ0) is 10.3. The molecule has 0 saturated carbocycles. The zero-order valence-corrected chi connectivity index (χ0v) is 10.8. The van der Waals surface area contributed by atoms with Crippen molar-refractivity contribution in [3.05, 3.63) is 20.3 Å². The van der Waals surface area contributed by atoms with Crippen molar-refractivity contribution in [1.82, 2.24) is 0 Å². The third-order valence-electron chi connectivity index (χ3n) is 1.96. The highest BCUT2D eigenvalue weighted by atomic mass is 79.9. The smallest absolute Gasteiger partial charge is 0.348 e. The molecule has 0 fully saturated rings. The van der Waals surface area contributed by atoms with Gasteiger partial charge in [0.1, 0.15) is 4.88 Å². The van der Waals surface area contributed by atoms with E-state index in [1.807, 2.05) is 12.3 Å². The number of carbonyl (C=O) groups excluding carboxylic acids is 1. The van der Waals surface area contributed by atoms with Gasteiger partial charge in [-0.15, -0.1) is 22.7 Å². The summed E-state index contributed by atoms with van der Waals surface area (Å²) in [4.78, 5) is 12.1. The molecule has 0 atom stereocenters. The van der Waals surface area contributed by atoms with Crippen LogP contribution in [0.2, 0.25) is 0 Å². The van der Waals surface area contributed by atoms with Crippen LogP contribution in [-0.4, -0.2) is 13.1 Å². The van der Waals surface area contributed by atoms with Crippen molar-refractivity contribution < 1.29 is 9.53 Å². The molecule has 0 aliphatic heterocycles. The molecule has 0 radical (unpaired) electrons. The van der Waals surface area contributed by atoms with E-state index >= 15 is 0 Å². The molecule has 2 rings (SSSR count). The summed E-state index contributed by atoms with van der Waals surface area (Å²) in [5.74, 6) is -0.247. The van der Waals surface area contributed by atoms with Gasteiger partial charge in [0.2, 0.25) is 0 Å². The number of thiophene rings is 2. The molecule has 14 heavy (non-hydrogen) atoms. The van der Waals surface area contributed by atoms with E-state index in [4.69, 9.17) is 4.74 Å². The molecule has 5 heteroatoms. The van der Waals surface area contributed by atoms with Gasteiger partial charge in [-0.25, -0.2) is 4.79 Å². The largest absolute Gasteiger partial charge is 0.465 e. The summed E-state index contributed by atoms with van der Waals surface area (Å²) < 4.78 is 8.07. The van der Waals surface area contributed by atoms with E-state index in [1.54, 1.807) is 11.3 Å². The first-order valence-corrected chi connectivity index (χ1v) is 6.38. The van der Waals surface area contributed by atoms with Gasteiger partial charge in [-0.05, 0) is 28.4 Å². The molecule has 74 valence electrons. The van der Waals surface area contributed by atoms with E-state index in [9.17, 15) is 4.79 Å². The molecule has 0 aromatic carbocycles. The van der Waals surface area contributed by atoms with Crippen LogP contribution in [-0.2, 0) is 4.74 Å². The Balaban J connectivity index is 2.68. The van der Waals surface area contributed by atoms with Gasteiger partial charge in [0, 0.05) is 9.85 Å². The molecule has 0 saturated heterocycles. The predicted octanol–water partition coefficient (Wildman–Crippen LogP) is 3.82. The normalized spacial score (nSPS) is 10.8. The SMILES string of the molecule is COC(=O)c1sc2c(Br)csc2c1C. The second kappa shape index (κ2) is 3.64. The summed E-state index contributed by atoms with van der Waals surface area (Å²) >= 11 is 6.58. The molecule has 0 aliphatic rings. The molecule has 0 spiro atoms. The van der Waals surface area contributed by atoms with Crippen molar-refractivity contribution >= 4 is 54.0 Å². The lowest BCUT2D eigenvalue weighted by Gasteiger charge is -1.95. The molecular formula is C9H7BrO2S2. The standard InChI is InChI=1S/C9H7BrO2S2/c1-4-6-8(5(10)3-13-6)14-7(4)9(11)12-2/h3H,1-2H3. The van der Waals surface area contributed by atoms with Gasteiger partial charge in [-0.1, -0.05) is 0 Å². The Morgan fingerprint density at radius 2 is 2.21 bits per heavy atom. The van der Waals surface area contributed by atoms with Crippen molar-refractivity contribution in [3.63, 3.8) is 0 Å². The zero-order valence-electron chi connectivity index (χ0n) is 7.59. The lowest BCUT2D eigenvalue weighted by Crippen LogP contribution is -1.99. The fourth-order valence-corrected chi connectivity index (χ4v) is 4.37. The average molecular weight is 291 g/mol. The number of esters is 1. The maximum absolute atomic E-state index is 11.4. The minimum absolute atomic E-state index is 0.247. The van der Waals surface area contributed by atoms with Gasteiger partial charge < -0.3 is 4.74 Å². The predicted molar refractivity (Wildman–Crippen MR) is 63.5 cm³/mol. The number of carbonyl (C=O) groups is 1. The van der Waals surface area contributed by atoms with E-state index in [2.05, 4.69) is 15.9 Å². The number of hydrogen-bond acceptors (Lipinski definition) is 4. The van der Waals surface area contributed by atoms with Crippen LogP contribution in [0.3, 0.4) is 0 Å². The molecule has 0 N–H and O–H groups in total. The van der Waals surface area contributed by atoms with E-state index < -0.39 is 0 Å². The topological polar surface area (TPSA) is 26.3 Å². The highest BCUT2D eigenvalue weighted by Crippen LogP contribution is 2.40. The number of methoxy groups -OCH3 is 1. The van der Waals surface area contributed by atoms with Gasteiger partial charge in [0.15, 0.2) is 0 Å². The van der Waals surface area contributed by atoms with Crippen LogP contribution in [0.1, 0.15) is 15.2 Å². The van der Waals surface area contributed by atoms with E-state index in [1.165, 1.54) is 23.1 Å². The summed E-state index contributed by atoms with van der Waals surface area (Å²) in [7, 11) is 1.41. The van der Waals surface area contributed by atoms with E-state index in [0.717, 1.165) is 14.7 Å². The van der Waals surface area contributed by atoms with Crippen LogP contribution in [0.5, 0.6) is 0 Å². The minimum atomic E-state index is -0.247. The van der Waals surface area contributed by atoms with Crippen molar-refractivity contribution in [1.29, 1.82) is 0 Å². The molecule has 2 aromatic heterocycles. The van der Waals surface area contributed by atoms with Crippen LogP contribution in [0.25, 0.3) is 9.40 Å². The Bertz CT molecular complexity index is 498. The van der Waals surface area contributed by atoms with Gasteiger partial charge in [-0.2, -0.15) is 0 Å². The molecule has 0 bridgehead atoms. The first kappa shape index (κ1) is 10.1. The number of rotatable bonds is 1. The van der Waals surface area contributed by atoms with E-state index in [0.29, 0.717) is 4.88 Å².